The Morgan fingerprint density at radius 2 is 1.75 bits per heavy atom. The normalized spacial score (nSPS) is 15.0. The highest BCUT2D eigenvalue weighted by Gasteiger charge is 2.40. The van der Waals surface area contributed by atoms with E-state index < -0.39 is 23.5 Å². The quantitative estimate of drug-likeness (QED) is 0.235. The number of ether oxygens (including phenoxy) is 1. The largest absolute Gasteiger partial charge is 0.480 e. The monoisotopic (exact) mass is 347 g/mol. The Kier molecular flexibility index (Phi) is 8.15. The van der Waals surface area contributed by atoms with E-state index in [0.717, 1.165) is 7.11 Å². The minimum atomic E-state index is -4.99. The summed E-state index contributed by atoms with van der Waals surface area (Å²) in [5.41, 5.74) is -1.18. The lowest BCUT2D eigenvalue weighted by atomic mass is 10.2. The molecule has 24 heavy (non-hydrogen) atoms. The summed E-state index contributed by atoms with van der Waals surface area (Å²) in [5.74, 6) is -1.94. The van der Waals surface area contributed by atoms with Crippen LogP contribution in [0, 0.1) is 0 Å². The van der Waals surface area contributed by atoms with E-state index in [1.54, 1.807) is 25.9 Å². The zero-order chi connectivity index (χ0) is 19.1. The molecule has 0 N–H and O–H groups in total. The molecule has 0 spiro atoms. The number of methoxy groups -OCH3 is 1. The van der Waals surface area contributed by atoms with E-state index in [1.807, 2.05) is 0 Å². The third-order valence-corrected chi connectivity index (χ3v) is 2.91. The van der Waals surface area contributed by atoms with Crippen molar-refractivity contribution in [3.8, 4) is 0 Å². The predicted molar refractivity (Wildman–Crippen MR) is 88.5 cm³/mol. The van der Waals surface area contributed by atoms with Crippen molar-refractivity contribution in [3.05, 3.63) is 48.3 Å². The van der Waals surface area contributed by atoms with E-state index >= 15 is 0 Å². The van der Waals surface area contributed by atoms with Gasteiger partial charge in [0.05, 0.1) is 12.8 Å². The Hall–Kier alpha value is -2.38. The Labute approximate surface area is 139 Å². The maximum Gasteiger partial charge on any atom is 0.424 e. The molecule has 134 valence electrons. The number of hydrogen-bond donors (Lipinski definition) is 0. The van der Waals surface area contributed by atoms with Gasteiger partial charge in [-0.3, -0.25) is 0 Å². The van der Waals surface area contributed by atoms with Crippen molar-refractivity contribution in [3.63, 3.8) is 0 Å². The van der Waals surface area contributed by atoms with Crippen LogP contribution in [-0.4, -0.2) is 43.8 Å². The van der Waals surface area contributed by atoms with Gasteiger partial charge in [-0.2, -0.15) is 13.2 Å². The molecule has 4 nitrogen and oxygen atoms in total. The molecule has 0 rings (SSSR count). The molecule has 0 amide bonds. The van der Waals surface area contributed by atoms with Crippen LogP contribution < -0.4 is 0 Å². The predicted octanol–water partition coefficient (Wildman–Crippen LogP) is 4.40. The van der Waals surface area contributed by atoms with E-state index in [4.69, 9.17) is 0 Å². The smallest absolute Gasteiger partial charge is 0.424 e. The zero-order valence-electron chi connectivity index (χ0n) is 14.3. The summed E-state index contributed by atoms with van der Waals surface area (Å²) in [6.07, 6.45) is -2.22. The zero-order valence-corrected chi connectivity index (χ0v) is 14.3. The molecule has 0 saturated carbocycles. The van der Waals surface area contributed by atoms with Crippen LogP contribution in [0.5, 0.6) is 0 Å². The van der Waals surface area contributed by atoms with Gasteiger partial charge in [0.1, 0.15) is 11.7 Å². The lowest BCUT2D eigenvalue weighted by Gasteiger charge is -2.13. The number of aliphatic imine (C=N–C) groups is 2. The van der Waals surface area contributed by atoms with Crippen LogP contribution in [0.15, 0.2) is 58.3 Å². The van der Waals surface area contributed by atoms with E-state index in [-0.39, 0.29) is 5.71 Å². The van der Waals surface area contributed by atoms with Crippen molar-refractivity contribution < 1.29 is 22.3 Å². The van der Waals surface area contributed by atoms with Crippen LogP contribution in [0.2, 0.25) is 0 Å². The summed E-state index contributed by atoms with van der Waals surface area (Å²) in [6, 6.07) is 0. The summed E-state index contributed by atoms with van der Waals surface area (Å²) < 4.78 is 56.5. The SMILES string of the molecule is C=CC(=C\N=C(/C)N(C)C)/C(C)=N/C(OC)=C(\C(=C)F)C(F)(F)F. The van der Waals surface area contributed by atoms with E-state index in [1.165, 1.54) is 19.2 Å². The first kappa shape index (κ1) is 21.6. The highest BCUT2D eigenvalue weighted by molar-refractivity contribution is 6.01. The number of nitrogens with zero attached hydrogens (tertiary/aromatic N) is 3. The molecule has 8 heteroatoms. The summed E-state index contributed by atoms with van der Waals surface area (Å²) in [6.45, 7) is 9.43. The van der Waals surface area contributed by atoms with Gasteiger partial charge in [-0.15, -0.1) is 0 Å². The first-order valence-electron chi connectivity index (χ1n) is 6.75. The maximum atomic E-state index is 13.2. The highest BCUT2D eigenvalue weighted by Crippen LogP contribution is 2.34. The molecular formula is C16H21F4N3O. The first-order chi connectivity index (χ1) is 10.9. The van der Waals surface area contributed by atoms with Crippen LogP contribution in [0.25, 0.3) is 0 Å². The molecule has 0 unspecified atom stereocenters. The fraction of sp³-hybridized carbons (Fsp3) is 0.375. The number of halogens is 4. The van der Waals surface area contributed by atoms with Crippen LogP contribution in [0.1, 0.15) is 13.8 Å². The Bertz CT molecular complexity index is 611. The molecule has 0 aromatic carbocycles. The molecule has 0 saturated heterocycles. The van der Waals surface area contributed by atoms with E-state index in [0.29, 0.717) is 11.4 Å². The third-order valence-electron chi connectivity index (χ3n) is 2.91. The van der Waals surface area contributed by atoms with Gasteiger partial charge in [0.2, 0.25) is 5.88 Å². The van der Waals surface area contributed by atoms with Crippen LogP contribution in [-0.2, 0) is 4.74 Å². The average molecular weight is 347 g/mol. The van der Waals surface area contributed by atoms with E-state index in [9.17, 15) is 17.6 Å². The van der Waals surface area contributed by atoms with Gasteiger partial charge in [-0.05, 0) is 13.8 Å². The van der Waals surface area contributed by atoms with Gasteiger partial charge in [-0.1, -0.05) is 19.2 Å². The van der Waals surface area contributed by atoms with Crippen molar-refractivity contribution in [2.75, 3.05) is 21.2 Å². The molecule has 0 aliphatic carbocycles. The first-order valence-corrected chi connectivity index (χ1v) is 6.75. The van der Waals surface area contributed by atoms with Gasteiger partial charge in [0.25, 0.3) is 0 Å². The molecule has 0 aliphatic heterocycles. The maximum absolute atomic E-state index is 13.2. The van der Waals surface area contributed by atoms with Crippen LogP contribution >= 0.6 is 0 Å². The number of amidine groups is 1. The number of alkyl halides is 3. The van der Waals surface area contributed by atoms with Crippen molar-refractivity contribution in [2.24, 2.45) is 9.98 Å². The Morgan fingerprint density at radius 3 is 2.08 bits per heavy atom. The van der Waals surface area contributed by atoms with Crippen molar-refractivity contribution in [1.29, 1.82) is 0 Å². The highest BCUT2D eigenvalue weighted by atomic mass is 19.4. The molecule has 0 aromatic rings. The minimum absolute atomic E-state index is 0.125. The molecule has 0 aromatic heterocycles. The lowest BCUT2D eigenvalue weighted by Crippen LogP contribution is -2.17. The van der Waals surface area contributed by atoms with Crippen molar-refractivity contribution >= 4 is 11.5 Å². The third kappa shape index (κ3) is 6.39. The number of rotatable bonds is 6. The molecule has 0 fully saturated rings. The summed E-state index contributed by atoms with van der Waals surface area (Å²) in [5, 5.41) is 0. The topological polar surface area (TPSA) is 37.2 Å². The summed E-state index contributed by atoms with van der Waals surface area (Å²) >= 11 is 0. The molecule has 0 radical (unpaired) electrons. The Balaban J connectivity index is 6.07. The van der Waals surface area contributed by atoms with E-state index in [2.05, 4.69) is 27.9 Å². The molecule has 0 heterocycles. The number of allylic oxidation sites excluding steroid dienone is 4. The number of hydrogen-bond acceptors (Lipinski definition) is 3. The average Bonchev–Trinajstić information content (AvgIpc) is 2.44. The lowest BCUT2D eigenvalue weighted by molar-refractivity contribution is -0.0943. The minimum Gasteiger partial charge on any atom is -0.480 e. The van der Waals surface area contributed by atoms with Gasteiger partial charge < -0.3 is 9.64 Å². The van der Waals surface area contributed by atoms with Crippen molar-refractivity contribution in [2.45, 2.75) is 20.0 Å². The second-order valence-electron chi connectivity index (χ2n) is 4.84. The van der Waals surface area contributed by atoms with Gasteiger partial charge in [0, 0.05) is 25.9 Å². The standard InChI is InChI=1S/C16H21F4N3O/c1-8-13(9-21-12(4)23(5)6)11(3)22-15(24-7)14(10(2)17)16(18,19)20/h8-9H,1-2H2,3-7H3/b13-9+,15-14-,21-12+,22-11+. The summed E-state index contributed by atoms with van der Waals surface area (Å²) in [7, 11) is 4.54. The van der Waals surface area contributed by atoms with Gasteiger partial charge in [0.15, 0.2) is 5.57 Å². The molecule has 0 bridgehead atoms. The second kappa shape index (κ2) is 9.05. The summed E-state index contributed by atoms with van der Waals surface area (Å²) in [4.78, 5) is 9.59. The van der Waals surface area contributed by atoms with Crippen LogP contribution in [0.3, 0.4) is 0 Å². The van der Waals surface area contributed by atoms with Crippen molar-refractivity contribution in [1.82, 2.24) is 4.90 Å². The molecule has 0 aliphatic rings. The fourth-order valence-electron chi connectivity index (χ4n) is 1.38. The molecular weight excluding hydrogens is 326 g/mol. The van der Waals surface area contributed by atoms with Gasteiger partial charge in [-0.25, -0.2) is 14.4 Å². The molecule has 0 atom stereocenters. The second-order valence-corrected chi connectivity index (χ2v) is 4.84. The van der Waals surface area contributed by atoms with Gasteiger partial charge >= 0.3 is 6.18 Å². The fourth-order valence-corrected chi connectivity index (χ4v) is 1.38. The Morgan fingerprint density at radius 1 is 1.21 bits per heavy atom. The van der Waals surface area contributed by atoms with Crippen LogP contribution in [0.4, 0.5) is 17.6 Å².